The summed E-state index contributed by atoms with van der Waals surface area (Å²) in [5.74, 6) is 0. The predicted molar refractivity (Wildman–Crippen MR) is 95.5 cm³/mol. The molecule has 0 aliphatic carbocycles. The Morgan fingerprint density at radius 1 is 0.773 bits per heavy atom. The Bertz CT molecular complexity index is 501. The first-order chi connectivity index (χ1) is 10.9. The van der Waals surface area contributed by atoms with Crippen molar-refractivity contribution in [3.8, 4) is 0 Å². The molecule has 0 amide bonds. The number of nitrogens with one attached hydrogen (secondary N) is 2. The van der Waals surface area contributed by atoms with Crippen LogP contribution >= 0.6 is 0 Å². The highest BCUT2D eigenvalue weighted by Gasteiger charge is 2.05. The Balaban J connectivity index is 1.84. The molecular weight excluding hydrogens is 272 g/mol. The highest BCUT2D eigenvalue weighted by molar-refractivity contribution is 5.47. The summed E-state index contributed by atoms with van der Waals surface area (Å²) in [7, 11) is 0. The fourth-order valence-electron chi connectivity index (χ4n) is 2.34. The van der Waals surface area contributed by atoms with Gasteiger partial charge in [-0.05, 0) is 24.3 Å². The number of hydrogen-bond donors (Lipinski definition) is 3. The second kappa shape index (κ2) is 9.82. The second-order valence-corrected chi connectivity index (χ2v) is 5.15. The molecule has 22 heavy (non-hydrogen) atoms. The first-order valence-corrected chi connectivity index (χ1v) is 7.90. The lowest BCUT2D eigenvalue weighted by Crippen LogP contribution is -2.36. The summed E-state index contributed by atoms with van der Waals surface area (Å²) >= 11 is 0. The number of anilines is 2. The van der Waals surface area contributed by atoms with Gasteiger partial charge in [-0.15, -0.1) is 0 Å². The van der Waals surface area contributed by atoms with Crippen LogP contribution in [-0.4, -0.2) is 39.3 Å². The molecule has 4 N–H and O–H groups in total. The zero-order chi connectivity index (χ0) is 15.5. The molecule has 0 unspecified atom stereocenters. The van der Waals surface area contributed by atoms with Crippen LogP contribution in [0.5, 0.6) is 0 Å². The SMILES string of the molecule is NCCNCCN(CCNc1ccccc1)c1ccccc1. The van der Waals surface area contributed by atoms with Crippen molar-refractivity contribution in [1.82, 2.24) is 5.32 Å². The molecule has 0 fully saturated rings. The van der Waals surface area contributed by atoms with Gasteiger partial charge in [-0.1, -0.05) is 36.4 Å². The second-order valence-electron chi connectivity index (χ2n) is 5.15. The molecule has 0 radical (unpaired) electrons. The lowest BCUT2D eigenvalue weighted by Gasteiger charge is -2.25. The normalized spacial score (nSPS) is 10.4. The fourth-order valence-corrected chi connectivity index (χ4v) is 2.34. The van der Waals surface area contributed by atoms with E-state index in [2.05, 4.69) is 58.0 Å². The Kier molecular flexibility index (Phi) is 7.29. The Hall–Kier alpha value is -2.04. The van der Waals surface area contributed by atoms with Crippen molar-refractivity contribution in [2.45, 2.75) is 0 Å². The van der Waals surface area contributed by atoms with Crippen LogP contribution in [0.1, 0.15) is 0 Å². The topological polar surface area (TPSA) is 53.3 Å². The van der Waals surface area contributed by atoms with Gasteiger partial charge in [0.1, 0.15) is 0 Å². The first kappa shape index (κ1) is 16.3. The molecule has 0 heterocycles. The van der Waals surface area contributed by atoms with E-state index in [9.17, 15) is 0 Å². The maximum absolute atomic E-state index is 5.52. The van der Waals surface area contributed by atoms with Crippen LogP contribution in [0.2, 0.25) is 0 Å². The van der Waals surface area contributed by atoms with Crippen LogP contribution in [0, 0.1) is 0 Å². The van der Waals surface area contributed by atoms with Crippen molar-refractivity contribution in [1.29, 1.82) is 0 Å². The molecule has 0 bridgehead atoms. The average Bonchev–Trinajstić information content (AvgIpc) is 2.59. The molecule has 4 nitrogen and oxygen atoms in total. The summed E-state index contributed by atoms with van der Waals surface area (Å²) in [6, 6.07) is 20.9. The van der Waals surface area contributed by atoms with Crippen LogP contribution in [0.4, 0.5) is 11.4 Å². The van der Waals surface area contributed by atoms with E-state index in [4.69, 9.17) is 5.73 Å². The Morgan fingerprint density at radius 3 is 2.09 bits per heavy atom. The third-order valence-corrected chi connectivity index (χ3v) is 3.49. The van der Waals surface area contributed by atoms with Gasteiger partial charge in [0, 0.05) is 50.6 Å². The highest BCUT2D eigenvalue weighted by atomic mass is 15.2. The number of benzene rings is 2. The number of nitrogens with two attached hydrogens (primary N) is 1. The summed E-state index contributed by atoms with van der Waals surface area (Å²) in [5.41, 5.74) is 7.94. The van der Waals surface area contributed by atoms with Crippen molar-refractivity contribution >= 4 is 11.4 Å². The van der Waals surface area contributed by atoms with Crippen molar-refractivity contribution in [3.05, 3.63) is 60.7 Å². The van der Waals surface area contributed by atoms with Crippen molar-refractivity contribution in [2.24, 2.45) is 5.73 Å². The lowest BCUT2D eigenvalue weighted by molar-refractivity contribution is 0.665. The van der Waals surface area contributed by atoms with E-state index in [-0.39, 0.29) is 0 Å². The molecule has 0 aromatic heterocycles. The van der Waals surface area contributed by atoms with Crippen LogP contribution in [0.15, 0.2) is 60.7 Å². The molecule has 0 atom stereocenters. The quantitative estimate of drug-likeness (QED) is 0.588. The summed E-state index contributed by atoms with van der Waals surface area (Å²) in [4.78, 5) is 2.39. The van der Waals surface area contributed by atoms with E-state index in [0.717, 1.165) is 38.4 Å². The summed E-state index contributed by atoms with van der Waals surface area (Å²) in [6.07, 6.45) is 0. The third-order valence-electron chi connectivity index (χ3n) is 3.49. The van der Waals surface area contributed by atoms with Gasteiger partial charge in [-0.25, -0.2) is 0 Å². The minimum atomic E-state index is 0.681. The van der Waals surface area contributed by atoms with Gasteiger partial charge in [0.2, 0.25) is 0 Å². The Labute approximate surface area is 133 Å². The minimum Gasteiger partial charge on any atom is -0.383 e. The zero-order valence-corrected chi connectivity index (χ0v) is 13.0. The molecule has 0 saturated carbocycles. The minimum absolute atomic E-state index is 0.681. The lowest BCUT2D eigenvalue weighted by atomic mass is 10.2. The molecule has 0 aliphatic heterocycles. The molecule has 2 rings (SSSR count). The highest BCUT2D eigenvalue weighted by Crippen LogP contribution is 2.12. The molecule has 4 heteroatoms. The average molecular weight is 298 g/mol. The summed E-state index contributed by atoms with van der Waals surface area (Å²) in [6.45, 7) is 5.34. The van der Waals surface area contributed by atoms with Crippen LogP contribution < -0.4 is 21.3 Å². The zero-order valence-electron chi connectivity index (χ0n) is 13.0. The molecule has 0 saturated heterocycles. The van der Waals surface area contributed by atoms with Crippen LogP contribution in [0.3, 0.4) is 0 Å². The van der Waals surface area contributed by atoms with Gasteiger partial charge in [-0.2, -0.15) is 0 Å². The van der Waals surface area contributed by atoms with Crippen molar-refractivity contribution in [2.75, 3.05) is 49.5 Å². The van der Waals surface area contributed by atoms with Gasteiger partial charge >= 0.3 is 0 Å². The molecule has 0 spiro atoms. The third kappa shape index (κ3) is 5.76. The number of rotatable bonds is 10. The van der Waals surface area contributed by atoms with Crippen molar-refractivity contribution in [3.63, 3.8) is 0 Å². The van der Waals surface area contributed by atoms with Gasteiger partial charge in [-0.3, -0.25) is 0 Å². The summed E-state index contributed by atoms with van der Waals surface area (Å²) in [5, 5.41) is 6.82. The van der Waals surface area contributed by atoms with Gasteiger partial charge in [0.25, 0.3) is 0 Å². The molecule has 0 aliphatic rings. The van der Waals surface area contributed by atoms with E-state index in [1.54, 1.807) is 0 Å². The van der Waals surface area contributed by atoms with E-state index in [1.807, 2.05) is 18.2 Å². The largest absolute Gasteiger partial charge is 0.383 e. The van der Waals surface area contributed by atoms with E-state index < -0.39 is 0 Å². The predicted octanol–water partition coefficient (Wildman–Crippen LogP) is 2.15. The first-order valence-electron chi connectivity index (χ1n) is 7.90. The summed E-state index contributed by atoms with van der Waals surface area (Å²) < 4.78 is 0. The number of nitrogens with zero attached hydrogens (tertiary/aromatic N) is 1. The van der Waals surface area contributed by atoms with Gasteiger partial charge in [0.15, 0.2) is 0 Å². The fraction of sp³-hybridized carbons (Fsp3) is 0.333. The smallest absolute Gasteiger partial charge is 0.0367 e. The maximum atomic E-state index is 5.52. The molecule has 2 aromatic rings. The van der Waals surface area contributed by atoms with Gasteiger partial charge in [0.05, 0.1) is 0 Å². The van der Waals surface area contributed by atoms with Crippen LogP contribution in [0.25, 0.3) is 0 Å². The van der Waals surface area contributed by atoms with E-state index in [0.29, 0.717) is 6.54 Å². The van der Waals surface area contributed by atoms with Gasteiger partial charge < -0.3 is 21.3 Å². The standard InChI is InChI=1S/C18H26N4/c19-11-12-20-13-15-22(18-9-5-2-6-10-18)16-14-21-17-7-3-1-4-8-17/h1-10,20-21H,11-16,19H2. The number of hydrogen-bond acceptors (Lipinski definition) is 4. The number of para-hydroxylation sites is 2. The van der Waals surface area contributed by atoms with Crippen molar-refractivity contribution < 1.29 is 0 Å². The molecule has 118 valence electrons. The van der Waals surface area contributed by atoms with Crippen LogP contribution in [-0.2, 0) is 0 Å². The maximum Gasteiger partial charge on any atom is 0.0367 e. The monoisotopic (exact) mass is 298 g/mol. The van der Waals surface area contributed by atoms with E-state index in [1.165, 1.54) is 5.69 Å². The van der Waals surface area contributed by atoms with E-state index >= 15 is 0 Å². The molecular formula is C18H26N4. The Morgan fingerprint density at radius 2 is 1.41 bits per heavy atom. The molecule has 2 aromatic carbocycles.